The first-order chi connectivity index (χ1) is 9.69. The Labute approximate surface area is 123 Å². The molecule has 120 valence electrons. The SMILES string of the molecule is CC(C)COC(=N)[C@@H]1CC[C@@H]2CN1C(=O)N2OS(=O)(=O)O. The molecule has 0 saturated carbocycles. The van der Waals surface area contributed by atoms with Crippen molar-refractivity contribution < 1.29 is 26.8 Å². The number of nitrogens with zero attached hydrogens (tertiary/aromatic N) is 2. The van der Waals surface area contributed by atoms with E-state index in [2.05, 4.69) is 4.28 Å². The molecule has 2 aliphatic rings. The molecule has 2 aliphatic heterocycles. The van der Waals surface area contributed by atoms with Crippen LogP contribution in [0.15, 0.2) is 0 Å². The van der Waals surface area contributed by atoms with Crippen molar-refractivity contribution in [1.29, 1.82) is 5.41 Å². The molecule has 9 nitrogen and oxygen atoms in total. The predicted octanol–water partition coefficient (Wildman–Crippen LogP) is 0.639. The minimum atomic E-state index is -4.74. The summed E-state index contributed by atoms with van der Waals surface area (Å²) in [6.07, 6.45) is 0.953. The largest absolute Gasteiger partial charge is 0.479 e. The van der Waals surface area contributed by atoms with E-state index in [1.807, 2.05) is 13.8 Å². The van der Waals surface area contributed by atoms with Crippen LogP contribution in [0.1, 0.15) is 26.7 Å². The third-order valence-electron chi connectivity index (χ3n) is 3.37. The van der Waals surface area contributed by atoms with Crippen LogP contribution in [0.25, 0.3) is 0 Å². The van der Waals surface area contributed by atoms with Crippen molar-refractivity contribution in [3.8, 4) is 0 Å². The van der Waals surface area contributed by atoms with Crippen LogP contribution >= 0.6 is 0 Å². The quantitative estimate of drug-likeness (QED) is 0.435. The van der Waals surface area contributed by atoms with E-state index in [1.165, 1.54) is 4.90 Å². The number of hydrogen-bond acceptors (Lipinski definition) is 6. The molecule has 21 heavy (non-hydrogen) atoms. The summed E-state index contributed by atoms with van der Waals surface area (Å²) in [5.74, 6) is 0.250. The van der Waals surface area contributed by atoms with Gasteiger partial charge in [0.05, 0.1) is 12.6 Å². The Balaban J connectivity index is 2.05. The predicted molar refractivity (Wildman–Crippen MR) is 71.9 cm³/mol. The number of fused-ring (bicyclic) bond motifs is 2. The molecule has 0 aromatic rings. The van der Waals surface area contributed by atoms with E-state index in [1.54, 1.807) is 0 Å². The Hall–Kier alpha value is -1.39. The normalized spacial score (nSPS) is 25.6. The van der Waals surface area contributed by atoms with Crippen LogP contribution in [-0.4, -0.2) is 60.1 Å². The molecule has 0 aromatic carbocycles. The van der Waals surface area contributed by atoms with Gasteiger partial charge in [-0.15, -0.1) is 4.28 Å². The highest BCUT2D eigenvalue weighted by molar-refractivity contribution is 7.80. The number of hydrogen-bond donors (Lipinski definition) is 2. The van der Waals surface area contributed by atoms with Crippen LogP contribution in [0.4, 0.5) is 4.79 Å². The highest BCUT2D eigenvalue weighted by Crippen LogP contribution is 2.31. The van der Waals surface area contributed by atoms with Gasteiger partial charge in [-0.2, -0.15) is 13.5 Å². The Morgan fingerprint density at radius 2 is 2.14 bits per heavy atom. The number of rotatable bonds is 5. The minimum absolute atomic E-state index is 0.00999. The molecule has 0 aromatic heterocycles. The fraction of sp³-hybridized carbons (Fsp3) is 0.818. The van der Waals surface area contributed by atoms with Crippen LogP contribution in [-0.2, 0) is 19.4 Å². The van der Waals surface area contributed by atoms with Crippen molar-refractivity contribution in [2.75, 3.05) is 13.2 Å². The third kappa shape index (κ3) is 3.63. The molecule has 2 atom stereocenters. The minimum Gasteiger partial charge on any atom is -0.479 e. The molecule has 0 aliphatic carbocycles. The standard InChI is InChI=1S/C11H19N3O6S/c1-7(2)6-19-10(12)9-4-3-8-5-13(9)11(15)14(8)20-21(16,17)18/h7-9,12H,3-6H2,1-2H3,(H,16,17,18)/t8-,9+/m1/s1. The van der Waals surface area contributed by atoms with Crippen molar-refractivity contribution in [2.45, 2.75) is 38.8 Å². The van der Waals surface area contributed by atoms with Crippen LogP contribution in [0.2, 0.25) is 0 Å². The van der Waals surface area contributed by atoms with Crippen LogP contribution in [0, 0.1) is 11.3 Å². The summed E-state index contributed by atoms with van der Waals surface area (Å²) in [5.41, 5.74) is 0. The average Bonchev–Trinajstić information content (AvgIpc) is 2.60. The van der Waals surface area contributed by atoms with Crippen molar-refractivity contribution >= 4 is 22.3 Å². The number of piperidine rings is 1. The molecule has 2 fully saturated rings. The van der Waals surface area contributed by atoms with Crippen LogP contribution < -0.4 is 0 Å². The smallest absolute Gasteiger partial charge is 0.418 e. The lowest BCUT2D eigenvalue weighted by Gasteiger charge is -2.30. The molecule has 2 heterocycles. The zero-order valence-electron chi connectivity index (χ0n) is 11.9. The zero-order valence-corrected chi connectivity index (χ0v) is 12.7. The van der Waals surface area contributed by atoms with E-state index in [-0.39, 0.29) is 18.4 Å². The summed E-state index contributed by atoms with van der Waals surface area (Å²) in [4.78, 5) is 13.5. The highest BCUT2D eigenvalue weighted by Gasteiger charge is 2.48. The van der Waals surface area contributed by atoms with Gasteiger partial charge in [0.2, 0.25) is 5.90 Å². The van der Waals surface area contributed by atoms with E-state index in [0.29, 0.717) is 24.5 Å². The van der Waals surface area contributed by atoms with Gasteiger partial charge in [0, 0.05) is 6.54 Å². The Morgan fingerprint density at radius 1 is 1.48 bits per heavy atom. The van der Waals surface area contributed by atoms with Crippen LogP contribution in [0.3, 0.4) is 0 Å². The number of carbonyl (C=O) groups is 1. The average molecular weight is 321 g/mol. The molecular weight excluding hydrogens is 302 g/mol. The molecule has 0 unspecified atom stereocenters. The molecule has 2 N–H and O–H groups in total. The monoisotopic (exact) mass is 321 g/mol. The second kappa shape index (κ2) is 5.78. The molecule has 2 bridgehead atoms. The summed E-state index contributed by atoms with van der Waals surface area (Å²) >= 11 is 0. The molecule has 2 amide bonds. The van der Waals surface area contributed by atoms with Gasteiger partial charge in [-0.1, -0.05) is 13.8 Å². The number of carbonyl (C=O) groups excluding carboxylic acids is 1. The van der Waals surface area contributed by atoms with E-state index >= 15 is 0 Å². The van der Waals surface area contributed by atoms with E-state index in [4.69, 9.17) is 14.7 Å². The molecular formula is C11H19N3O6S. The first-order valence-corrected chi connectivity index (χ1v) is 8.03. The number of amides is 2. The van der Waals surface area contributed by atoms with Gasteiger partial charge < -0.3 is 9.64 Å². The van der Waals surface area contributed by atoms with Gasteiger partial charge in [0.25, 0.3) is 0 Å². The van der Waals surface area contributed by atoms with E-state index in [0.717, 1.165) is 0 Å². The zero-order chi connectivity index (χ0) is 15.8. The number of hydroxylamine groups is 2. The van der Waals surface area contributed by atoms with Crippen molar-refractivity contribution in [3.63, 3.8) is 0 Å². The maximum Gasteiger partial charge on any atom is 0.418 e. The first-order valence-electron chi connectivity index (χ1n) is 6.67. The Bertz CT molecular complexity index is 534. The van der Waals surface area contributed by atoms with Gasteiger partial charge in [0.1, 0.15) is 6.04 Å². The molecule has 0 spiro atoms. The molecule has 2 rings (SSSR count). The van der Waals surface area contributed by atoms with E-state index in [9.17, 15) is 13.2 Å². The summed E-state index contributed by atoms with van der Waals surface area (Å²) in [6.45, 7) is 4.53. The summed E-state index contributed by atoms with van der Waals surface area (Å²) < 4.78 is 39.9. The number of urea groups is 1. The summed E-state index contributed by atoms with van der Waals surface area (Å²) in [6, 6.07) is -1.66. The maximum atomic E-state index is 12.1. The van der Waals surface area contributed by atoms with Crippen molar-refractivity contribution in [2.24, 2.45) is 5.92 Å². The van der Waals surface area contributed by atoms with Gasteiger partial charge in [-0.3, -0.25) is 9.96 Å². The summed E-state index contributed by atoms with van der Waals surface area (Å²) in [5, 5.41) is 8.58. The fourth-order valence-electron chi connectivity index (χ4n) is 2.46. The lowest BCUT2D eigenvalue weighted by atomic mass is 10.0. The van der Waals surface area contributed by atoms with Crippen molar-refractivity contribution in [1.82, 2.24) is 9.96 Å². The molecule has 0 radical (unpaired) electrons. The Kier molecular flexibility index (Phi) is 4.40. The maximum absolute atomic E-state index is 12.1. The van der Waals surface area contributed by atoms with Gasteiger partial charge >= 0.3 is 16.4 Å². The van der Waals surface area contributed by atoms with Gasteiger partial charge in [-0.05, 0) is 18.8 Å². The highest BCUT2D eigenvalue weighted by atomic mass is 32.3. The number of ether oxygens (including phenoxy) is 1. The number of nitrogens with one attached hydrogen (secondary N) is 1. The molecule has 10 heteroatoms. The first kappa shape index (κ1) is 16.0. The van der Waals surface area contributed by atoms with Crippen molar-refractivity contribution in [3.05, 3.63) is 0 Å². The fourth-order valence-corrected chi connectivity index (χ4v) is 2.85. The lowest BCUT2D eigenvalue weighted by Crippen LogP contribution is -2.45. The topological polar surface area (TPSA) is 120 Å². The summed E-state index contributed by atoms with van der Waals surface area (Å²) in [7, 11) is -4.74. The third-order valence-corrected chi connectivity index (χ3v) is 3.72. The van der Waals surface area contributed by atoms with Gasteiger partial charge in [-0.25, -0.2) is 4.79 Å². The van der Waals surface area contributed by atoms with Crippen LogP contribution in [0.5, 0.6) is 0 Å². The van der Waals surface area contributed by atoms with Gasteiger partial charge in [0.15, 0.2) is 0 Å². The lowest BCUT2D eigenvalue weighted by molar-refractivity contribution is -0.0316. The second-order valence-electron chi connectivity index (χ2n) is 5.58. The second-order valence-corrected chi connectivity index (χ2v) is 6.58. The molecule has 2 saturated heterocycles. The Morgan fingerprint density at radius 3 is 2.71 bits per heavy atom. The van der Waals surface area contributed by atoms with E-state index < -0.39 is 28.5 Å².